The van der Waals surface area contributed by atoms with Crippen molar-refractivity contribution in [2.45, 2.75) is 33.1 Å². The number of hydrogen-bond acceptors (Lipinski definition) is 5. The molecule has 26 heavy (non-hydrogen) atoms. The van der Waals surface area contributed by atoms with E-state index in [-0.39, 0.29) is 11.8 Å². The van der Waals surface area contributed by atoms with Crippen LogP contribution in [0.15, 0.2) is 37.4 Å². The number of pyridine rings is 2. The number of aliphatic hydroxyl groups excluding tert-OH is 1. The van der Waals surface area contributed by atoms with Crippen molar-refractivity contribution in [2.24, 2.45) is 0 Å². The van der Waals surface area contributed by atoms with Gasteiger partial charge in [0.1, 0.15) is 5.69 Å². The first kappa shape index (κ1) is 21.2. The molecule has 1 amide bonds. The molecule has 2 aromatic heterocycles. The number of nitrogens with one attached hydrogen (secondary N) is 2. The van der Waals surface area contributed by atoms with Crippen LogP contribution in [-0.2, 0) is 6.42 Å². The van der Waals surface area contributed by atoms with Gasteiger partial charge < -0.3 is 15.7 Å². The molecular formula is C20H28N4O2. The van der Waals surface area contributed by atoms with Crippen LogP contribution >= 0.6 is 0 Å². The summed E-state index contributed by atoms with van der Waals surface area (Å²) in [6, 6.07) is 3.83. The SMILES string of the molecule is C=CO.CCc1c(NC)cncc1C(C)c1cc(C)cc(C(=O)NC)n1. The monoisotopic (exact) mass is 356 g/mol. The number of anilines is 1. The van der Waals surface area contributed by atoms with Crippen molar-refractivity contribution in [3.8, 4) is 0 Å². The fraction of sp³-hybridized carbons (Fsp3) is 0.350. The lowest BCUT2D eigenvalue weighted by atomic mass is 9.91. The lowest BCUT2D eigenvalue weighted by Gasteiger charge is -2.19. The van der Waals surface area contributed by atoms with Gasteiger partial charge in [0.25, 0.3) is 5.91 Å². The Labute approximate surface area is 155 Å². The zero-order valence-corrected chi connectivity index (χ0v) is 16.1. The Kier molecular flexibility index (Phi) is 8.28. The minimum atomic E-state index is -0.167. The van der Waals surface area contributed by atoms with Crippen molar-refractivity contribution < 1.29 is 9.90 Å². The summed E-state index contributed by atoms with van der Waals surface area (Å²) in [5.41, 5.74) is 5.77. The van der Waals surface area contributed by atoms with Gasteiger partial charge in [-0.2, -0.15) is 0 Å². The maximum Gasteiger partial charge on any atom is 0.269 e. The molecule has 1 unspecified atom stereocenters. The molecule has 3 N–H and O–H groups in total. The molecule has 6 heteroatoms. The van der Waals surface area contributed by atoms with Gasteiger partial charge in [-0.1, -0.05) is 20.4 Å². The maximum atomic E-state index is 11.9. The van der Waals surface area contributed by atoms with E-state index in [1.54, 1.807) is 13.1 Å². The summed E-state index contributed by atoms with van der Waals surface area (Å²) < 4.78 is 0. The molecule has 0 radical (unpaired) electrons. The molecule has 0 aromatic carbocycles. The van der Waals surface area contributed by atoms with Crippen LogP contribution in [0, 0.1) is 6.92 Å². The number of amides is 1. The summed E-state index contributed by atoms with van der Waals surface area (Å²) in [6.45, 7) is 9.13. The number of aliphatic hydroxyl groups is 1. The van der Waals surface area contributed by atoms with E-state index in [0.29, 0.717) is 5.69 Å². The van der Waals surface area contributed by atoms with Crippen LogP contribution in [-0.4, -0.2) is 35.1 Å². The van der Waals surface area contributed by atoms with Crippen molar-refractivity contribution in [3.63, 3.8) is 0 Å². The topological polar surface area (TPSA) is 87.1 Å². The van der Waals surface area contributed by atoms with E-state index in [4.69, 9.17) is 5.11 Å². The maximum absolute atomic E-state index is 11.9. The molecule has 0 fully saturated rings. The number of rotatable bonds is 5. The predicted octanol–water partition coefficient (Wildman–Crippen LogP) is 3.59. The van der Waals surface area contributed by atoms with Crippen LogP contribution in [0.4, 0.5) is 5.69 Å². The van der Waals surface area contributed by atoms with Gasteiger partial charge in [0.15, 0.2) is 0 Å². The molecule has 140 valence electrons. The van der Waals surface area contributed by atoms with E-state index < -0.39 is 0 Å². The van der Waals surface area contributed by atoms with Gasteiger partial charge >= 0.3 is 0 Å². The van der Waals surface area contributed by atoms with Crippen LogP contribution in [0.25, 0.3) is 0 Å². The van der Waals surface area contributed by atoms with Gasteiger partial charge in [-0.3, -0.25) is 9.78 Å². The average Bonchev–Trinajstić information content (AvgIpc) is 2.66. The van der Waals surface area contributed by atoms with Crippen molar-refractivity contribution in [1.29, 1.82) is 0 Å². The largest absolute Gasteiger partial charge is 0.516 e. The standard InChI is InChI=1S/C18H24N4O.C2H4O/c1-6-13-14(9-21-10-17(13)19-4)12(3)15-7-11(2)8-16(22-15)18(23)20-5;1-2-3/h7-10,12,19H,6H2,1-5H3,(H,20,23);2-3H,1H2. The highest BCUT2D eigenvalue weighted by molar-refractivity contribution is 5.92. The number of carbonyl (C=O) groups is 1. The summed E-state index contributed by atoms with van der Waals surface area (Å²) >= 11 is 0. The van der Waals surface area contributed by atoms with Crippen molar-refractivity contribution in [2.75, 3.05) is 19.4 Å². The second kappa shape index (κ2) is 10.2. The van der Waals surface area contributed by atoms with Gasteiger partial charge in [0.05, 0.1) is 18.1 Å². The summed E-state index contributed by atoms with van der Waals surface area (Å²) in [6.07, 6.45) is 5.40. The van der Waals surface area contributed by atoms with Crippen LogP contribution in [0.3, 0.4) is 0 Å². The Bertz CT molecular complexity index is 759. The Morgan fingerprint density at radius 2 is 2.00 bits per heavy atom. The smallest absolute Gasteiger partial charge is 0.269 e. The molecule has 2 aromatic rings. The molecule has 0 aliphatic rings. The fourth-order valence-corrected chi connectivity index (χ4v) is 2.81. The highest BCUT2D eigenvalue weighted by Gasteiger charge is 2.18. The Hall–Kier alpha value is -2.89. The molecule has 0 saturated heterocycles. The van der Waals surface area contributed by atoms with E-state index in [9.17, 15) is 4.79 Å². The molecule has 0 aliphatic heterocycles. The highest BCUT2D eigenvalue weighted by atomic mass is 16.2. The fourth-order valence-electron chi connectivity index (χ4n) is 2.81. The van der Waals surface area contributed by atoms with E-state index in [1.165, 1.54) is 5.56 Å². The van der Waals surface area contributed by atoms with Crippen molar-refractivity contribution in [1.82, 2.24) is 15.3 Å². The van der Waals surface area contributed by atoms with Crippen molar-refractivity contribution >= 4 is 11.6 Å². The van der Waals surface area contributed by atoms with Gasteiger partial charge in [-0.15, -0.1) is 0 Å². The Morgan fingerprint density at radius 3 is 2.54 bits per heavy atom. The minimum absolute atomic E-state index is 0.0639. The third kappa shape index (κ3) is 5.05. The van der Waals surface area contributed by atoms with Gasteiger partial charge in [-0.25, -0.2) is 4.98 Å². The Balaban J connectivity index is 0.00000105. The zero-order valence-electron chi connectivity index (χ0n) is 16.1. The molecule has 2 heterocycles. The number of aryl methyl sites for hydroxylation is 1. The van der Waals surface area contributed by atoms with Crippen LogP contribution < -0.4 is 10.6 Å². The summed E-state index contributed by atoms with van der Waals surface area (Å²) in [7, 11) is 3.52. The average molecular weight is 356 g/mol. The summed E-state index contributed by atoms with van der Waals surface area (Å²) in [5.74, 6) is -0.103. The first-order valence-electron chi connectivity index (χ1n) is 8.53. The van der Waals surface area contributed by atoms with E-state index >= 15 is 0 Å². The summed E-state index contributed by atoms with van der Waals surface area (Å²) in [4.78, 5) is 20.8. The molecule has 0 spiro atoms. The van der Waals surface area contributed by atoms with Crippen molar-refractivity contribution in [3.05, 3.63) is 65.4 Å². The highest BCUT2D eigenvalue weighted by Crippen LogP contribution is 2.30. The third-order valence-electron chi connectivity index (χ3n) is 4.07. The second-order valence-electron chi connectivity index (χ2n) is 5.80. The molecular weight excluding hydrogens is 328 g/mol. The van der Waals surface area contributed by atoms with Crippen LogP contribution in [0.5, 0.6) is 0 Å². The minimum Gasteiger partial charge on any atom is -0.516 e. The molecule has 1 atom stereocenters. The van der Waals surface area contributed by atoms with Gasteiger partial charge in [0.2, 0.25) is 0 Å². The molecule has 2 rings (SSSR count). The number of carbonyl (C=O) groups excluding carboxylic acids is 1. The normalized spacial score (nSPS) is 11.0. The number of hydrogen-bond donors (Lipinski definition) is 3. The van der Waals surface area contributed by atoms with Crippen LogP contribution in [0.1, 0.15) is 52.6 Å². The van der Waals surface area contributed by atoms with E-state index in [0.717, 1.165) is 35.2 Å². The lowest BCUT2D eigenvalue weighted by molar-refractivity contribution is 0.0958. The predicted molar refractivity (Wildman–Crippen MR) is 106 cm³/mol. The Morgan fingerprint density at radius 1 is 1.35 bits per heavy atom. The first-order chi connectivity index (χ1) is 12.4. The quantitative estimate of drug-likeness (QED) is 0.713. The summed E-state index contributed by atoms with van der Waals surface area (Å²) in [5, 5.41) is 13.2. The number of nitrogens with zero attached hydrogens (tertiary/aromatic N) is 2. The molecule has 6 nitrogen and oxygen atoms in total. The second-order valence-corrected chi connectivity index (χ2v) is 5.80. The first-order valence-corrected chi connectivity index (χ1v) is 8.53. The number of aromatic nitrogens is 2. The van der Waals surface area contributed by atoms with Gasteiger partial charge in [-0.05, 0) is 42.2 Å². The zero-order chi connectivity index (χ0) is 19.7. The molecule has 0 bridgehead atoms. The third-order valence-corrected chi connectivity index (χ3v) is 4.07. The lowest BCUT2D eigenvalue weighted by Crippen LogP contribution is -2.20. The van der Waals surface area contributed by atoms with E-state index in [1.807, 2.05) is 32.4 Å². The molecule has 0 saturated carbocycles. The van der Waals surface area contributed by atoms with Crippen LogP contribution in [0.2, 0.25) is 0 Å². The van der Waals surface area contributed by atoms with Gasteiger partial charge in [0, 0.05) is 31.9 Å². The van der Waals surface area contributed by atoms with E-state index in [2.05, 4.69) is 41.0 Å². The molecule has 0 aliphatic carbocycles.